The van der Waals surface area contributed by atoms with Crippen molar-refractivity contribution in [3.63, 3.8) is 0 Å². The molecule has 1 aliphatic rings. The van der Waals surface area contributed by atoms with Crippen molar-refractivity contribution in [3.05, 3.63) is 32.4 Å². The van der Waals surface area contributed by atoms with E-state index in [1.54, 1.807) is 12.1 Å². The maximum atomic E-state index is 12.3. The highest BCUT2D eigenvalue weighted by Crippen LogP contribution is 2.33. The van der Waals surface area contributed by atoms with Gasteiger partial charge in [0.05, 0.1) is 5.02 Å². The van der Waals surface area contributed by atoms with E-state index in [1.165, 1.54) is 12.8 Å². The van der Waals surface area contributed by atoms with Crippen LogP contribution in [0.1, 0.15) is 36.0 Å². The first-order valence-electron chi connectivity index (χ1n) is 6.85. The van der Waals surface area contributed by atoms with Crippen molar-refractivity contribution in [1.29, 1.82) is 0 Å². The summed E-state index contributed by atoms with van der Waals surface area (Å²) in [4.78, 5) is 14.5. The van der Waals surface area contributed by atoms with E-state index < -0.39 is 0 Å². The monoisotopic (exact) mass is 406 g/mol. The third-order valence-corrected chi connectivity index (χ3v) is 5.78. The van der Waals surface area contributed by atoms with E-state index >= 15 is 0 Å². The van der Waals surface area contributed by atoms with E-state index in [-0.39, 0.29) is 11.4 Å². The summed E-state index contributed by atoms with van der Waals surface area (Å²) in [6.45, 7) is 0.706. The SMILES string of the molecule is CN(C)C1(CNC(=O)c2ccc(Cl)c(I)c2)CCCC1. The van der Waals surface area contributed by atoms with Crippen LogP contribution in [0.25, 0.3) is 0 Å². The predicted octanol–water partition coefficient (Wildman–Crippen LogP) is 3.55. The van der Waals surface area contributed by atoms with Crippen molar-refractivity contribution in [1.82, 2.24) is 10.2 Å². The van der Waals surface area contributed by atoms with Crippen molar-refractivity contribution in [2.45, 2.75) is 31.2 Å². The molecule has 1 aromatic carbocycles. The van der Waals surface area contributed by atoms with Gasteiger partial charge in [-0.05, 0) is 67.7 Å². The molecule has 0 saturated heterocycles. The average Bonchev–Trinajstić information content (AvgIpc) is 2.89. The smallest absolute Gasteiger partial charge is 0.251 e. The molecule has 0 unspecified atom stereocenters. The molecule has 0 atom stereocenters. The van der Waals surface area contributed by atoms with Gasteiger partial charge in [0.1, 0.15) is 0 Å². The van der Waals surface area contributed by atoms with Crippen molar-refractivity contribution < 1.29 is 4.79 Å². The minimum Gasteiger partial charge on any atom is -0.350 e. The molecular formula is C15H20ClIN2O. The lowest BCUT2D eigenvalue weighted by Gasteiger charge is -2.36. The van der Waals surface area contributed by atoms with E-state index in [2.05, 4.69) is 46.9 Å². The molecule has 3 nitrogen and oxygen atoms in total. The highest BCUT2D eigenvalue weighted by atomic mass is 127. The Kier molecular flexibility index (Phi) is 5.31. The zero-order valence-electron chi connectivity index (χ0n) is 11.9. The standard InChI is InChI=1S/C15H20ClIN2O/c1-19(2)15(7-3-4-8-15)10-18-14(20)11-5-6-12(16)13(17)9-11/h5-6,9H,3-4,7-8,10H2,1-2H3,(H,18,20). The first-order chi connectivity index (χ1) is 9.44. The molecule has 1 fully saturated rings. The quantitative estimate of drug-likeness (QED) is 0.776. The van der Waals surface area contributed by atoms with E-state index in [4.69, 9.17) is 11.6 Å². The summed E-state index contributed by atoms with van der Waals surface area (Å²) in [6.07, 6.45) is 4.79. The lowest BCUT2D eigenvalue weighted by atomic mass is 9.96. The number of amides is 1. The summed E-state index contributed by atoms with van der Waals surface area (Å²) in [5, 5.41) is 3.77. The summed E-state index contributed by atoms with van der Waals surface area (Å²) in [5.41, 5.74) is 0.792. The highest BCUT2D eigenvalue weighted by molar-refractivity contribution is 14.1. The normalized spacial score (nSPS) is 17.4. The third kappa shape index (κ3) is 3.46. The topological polar surface area (TPSA) is 32.3 Å². The maximum absolute atomic E-state index is 12.3. The Balaban J connectivity index is 2.02. The van der Waals surface area contributed by atoms with Crippen LogP contribution in [0.3, 0.4) is 0 Å². The van der Waals surface area contributed by atoms with Gasteiger partial charge in [0.2, 0.25) is 0 Å². The van der Waals surface area contributed by atoms with E-state index in [9.17, 15) is 4.79 Å². The second kappa shape index (κ2) is 6.62. The lowest BCUT2D eigenvalue weighted by molar-refractivity contribution is 0.0900. The molecular weight excluding hydrogens is 387 g/mol. The van der Waals surface area contributed by atoms with Crippen LogP contribution in [0.2, 0.25) is 5.02 Å². The largest absolute Gasteiger partial charge is 0.350 e. The van der Waals surface area contributed by atoms with E-state index in [0.29, 0.717) is 17.1 Å². The van der Waals surface area contributed by atoms with Gasteiger partial charge in [-0.15, -0.1) is 0 Å². The molecule has 20 heavy (non-hydrogen) atoms. The summed E-state index contributed by atoms with van der Waals surface area (Å²) >= 11 is 8.13. The molecule has 0 aromatic heterocycles. The van der Waals surface area contributed by atoms with Crippen LogP contribution in [0, 0.1) is 3.57 Å². The van der Waals surface area contributed by atoms with Crippen molar-refractivity contribution >= 4 is 40.1 Å². The van der Waals surface area contributed by atoms with Gasteiger partial charge in [-0.1, -0.05) is 24.4 Å². The first kappa shape index (κ1) is 16.0. The molecule has 1 aromatic rings. The number of carbonyl (C=O) groups excluding carboxylic acids is 1. The van der Waals surface area contributed by atoms with Crippen LogP contribution >= 0.6 is 34.2 Å². The Morgan fingerprint density at radius 3 is 2.60 bits per heavy atom. The van der Waals surface area contributed by atoms with E-state index in [0.717, 1.165) is 16.4 Å². The lowest BCUT2D eigenvalue weighted by Crippen LogP contribution is -2.50. The Morgan fingerprint density at radius 2 is 2.05 bits per heavy atom. The minimum absolute atomic E-state index is 0.0206. The summed E-state index contributed by atoms with van der Waals surface area (Å²) in [6, 6.07) is 5.38. The molecule has 110 valence electrons. The zero-order valence-corrected chi connectivity index (χ0v) is 14.8. The molecule has 0 heterocycles. The zero-order chi connectivity index (χ0) is 14.8. The molecule has 1 saturated carbocycles. The van der Waals surface area contributed by atoms with Crippen LogP contribution in [0.4, 0.5) is 0 Å². The second-order valence-electron chi connectivity index (χ2n) is 5.64. The maximum Gasteiger partial charge on any atom is 0.251 e. The van der Waals surface area contributed by atoms with Crippen LogP contribution in [0.5, 0.6) is 0 Å². The van der Waals surface area contributed by atoms with Gasteiger partial charge in [-0.25, -0.2) is 0 Å². The van der Waals surface area contributed by atoms with Gasteiger partial charge in [-0.3, -0.25) is 4.79 Å². The Labute approximate surface area is 139 Å². The third-order valence-electron chi connectivity index (χ3n) is 4.24. The molecule has 2 rings (SSSR count). The summed E-state index contributed by atoms with van der Waals surface area (Å²) in [7, 11) is 4.20. The predicted molar refractivity (Wildman–Crippen MR) is 91.4 cm³/mol. The van der Waals surface area contributed by atoms with Crippen molar-refractivity contribution in [2.24, 2.45) is 0 Å². The molecule has 0 radical (unpaired) electrons. The number of hydrogen-bond acceptors (Lipinski definition) is 2. The van der Waals surface area contributed by atoms with Crippen LogP contribution < -0.4 is 5.32 Å². The van der Waals surface area contributed by atoms with Gasteiger partial charge in [0.15, 0.2) is 0 Å². The molecule has 0 bridgehead atoms. The fourth-order valence-corrected chi connectivity index (χ4v) is 3.43. The first-order valence-corrected chi connectivity index (χ1v) is 8.31. The minimum atomic E-state index is -0.0206. The second-order valence-corrected chi connectivity index (χ2v) is 7.21. The number of carbonyl (C=O) groups is 1. The Morgan fingerprint density at radius 1 is 1.40 bits per heavy atom. The molecule has 1 N–H and O–H groups in total. The molecule has 1 aliphatic carbocycles. The fraction of sp³-hybridized carbons (Fsp3) is 0.533. The van der Waals surface area contributed by atoms with Crippen LogP contribution in [-0.2, 0) is 0 Å². The number of likely N-dealkylation sites (N-methyl/N-ethyl adjacent to an activating group) is 1. The molecule has 0 aliphatic heterocycles. The van der Waals surface area contributed by atoms with Crippen molar-refractivity contribution in [3.8, 4) is 0 Å². The number of rotatable bonds is 4. The van der Waals surface area contributed by atoms with Gasteiger partial charge in [0.25, 0.3) is 5.91 Å². The number of nitrogens with zero attached hydrogens (tertiary/aromatic N) is 1. The van der Waals surface area contributed by atoms with Crippen molar-refractivity contribution in [2.75, 3.05) is 20.6 Å². The summed E-state index contributed by atoms with van der Waals surface area (Å²) in [5.74, 6) is -0.0206. The highest BCUT2D eigenvalue weighted by Gasteiger charge is 2.36. The van der Waals surface area contributed by atoms with E-state index in [1.807, 2.05) is 6.07 Å². The number of halogens is 2. The number of hydrogen-bond donors (Lipinski definition) is 1. The number of nitrogens with one attached hydrogen (secondary N) is 1. The fourth-order valence-electron chi connectivity index (χ4n) is 2.80. The molecule has 5 heteroatoms. The molecule has 0 spiro atoms. The molecule has 1 amide bonds. The van der Waals surface area contributed by atoms with Gasteiger partial charge in [-0.2, -0.15) is 0 Å². The van der Waals surface area contributed by atoms with Crippen LogP contribution in [0.15, 0.2) is 18.2 Å². The van der Waals surface area contributed by atoms with Gasteiger partial charge < -0.3 is 10.2 Å². The summed E-state index contributed by atoms with van der Waals surface area (Å²) < 4.78 is 0.903. The average molecular weight is 407 g/mol. The van der Waals surface area contributed by atoms with Gasteiger partial charge in [0, 0.05) is 21.2 Å². The number of benzene rings is 1. The Hall–Kier alpha value is -0.330. The Bertz CT molecular complexity index is 499. The van der Waals surface area contributed by atoms with Crippen LogP contribution in [-0.4, -0.2) is 37.0 Å². The van der Waals surface area contributed by atoms with Gasteiger partial charge >= 0.3 is 0 Å².